The van der Waals surface area contributed by atoms with E-state index in [-0.39, 0.29) is 0 Å². The molecule has 0 unspecified atom stereocenters. The number of aromatic nitrogens is 2. The SMILES string of the molecule is c1csc(SNCc2ccnc3[nH]ccc23)c1. The molecule has 3 heterocycles. The Kier molecular flexibility index (Phi) is 3.13. The molecule has 0 saturated carbocycles. The molecule has 3 rings (SSSR count). The largest absolute Gasteiger partial charge is 0.346 e. The number of nitrogens with zero attached hydrogens (tertiary/aromatic N) is 1. The van der Waals surface area contributed by atoms with Crippen LogP contribution in [0.3, 0.4) is 0 Å². The summed E-state index contributed by atoms with van der Waals surface area (Å²) in [4.78, 5) is 7.39. The quantitative estimate of drug-likeness (QED) is 0.707. The highest BCUT2D eigenvalue weighted by Crippen LogP contribution is 2.22. The van der Waals surface area contributed by atoms with E-state index >= 15 is 0 Å². The van der Waals surface area contributed by atoms with Gasteiger partial charge in [-0.05, 0) is 41.1 Å². The summed E-state index contributed by atoms with van der Waals surface area (Å²) in [5.74, 6) is 0. The van der Waals surface area contributed by atoms with Crippen LogP contribution in [-0.2, 0) is 6.54 Å². The zero-order valence-electron chi connectivity index (χ0n) is 9.01. The summed E-state index contributed by atoms with van der Waals surface area (Å²) < 4.78 is 4.65. The third-order valence-electron chi connectivity index (χ3n) is 2.48. The predicted octanol–water partition coefficient (Wildman–Crippen LogP) is 3.42. The van der Waals surface area contributed by atoms with Crippen molar-refractivity contribution < 1.29 is 0 Å². The van der Waals surface area contributed by atoms with Crippen molar-refractivity contribution in [1.82, 2.24) is 14.7 Å². The summed E-state index contributed by atoms with van der Waals surface area (Å²) in [5.41, 5.74) is 2.21. The predicted molar refractivity (Wildman–Crippen MR) is 73.1 cm³/mol. The minimum Gasteiger partial charge on any atom is -0.346 e. The molecule has 3 aromatic heterocycles. The van der Waals surface area contributed by atoms with Gasteiger partial charge in [-0.1, -0.05) is 6.07 Å². The van der Waals surface area contributed by atoms with Crippen LogP contribution >= 0.6 is 23.3 Å². The van der Waals surface area contributed by atoms with E-state index in [1.54, 1.807) is 23.3 Å². The molecule has 2 N–H and O–H groups in total. The Balaban J connectivity index is 1.70. The second-order valence-electron chi connectivity index (χ2n) is 3.57. The van der Waals surface area contributed by atoms with E-state index in [0.717, 1.165) is 12.2 Å². The van der Waals surface area contributed by atoms with E-state index in [0.29, 0.717) is 0 Å². The molecule has 0 saturated heterocycles. The fourth-order valence-electron chi connectivity index (χ4n) is 1.68. The number of nitrogens with one attached hydrogen (secondary N) is 2. The van der Waals surface area contributed by atoms with Gasteiger partial charge in [-0.3, -0.25) is 4.72 Å². The third-order valence-corrected chi connectivity index (χ3v) is 4.31. The van der Waals surface area contributed by atoms with E-state index in [2.05, 4.69) is 44.3 Å². The van der Waals surface area contributed by atoms with E-state index in [4.69, 9.17) is 0 Å². The lowest BCUT2D eigenvalue weighted by Crippen LogP contribution is -2.02. The molecule has 0 aromatic carbocycles. The Labute approximate surface area is 107 Å². The molecule has 17 heavy (non-hydrogen) atoms. The fraction of sp³-hybridized carbons (Fsp3) is 0.0833. The number of aromatic amines is 1. The van der Waals surface area contributed by atoms with E-state index in [9.17, 15) is 0 Å². The van der Waals surface area contributed by atoms with Gasteiger partial charge in [0, 0.05) is 24.3 Å². The summed E-state index contributed by atoms with van der Waals surface area (Å²) in [6.07, 6.45) is 3.76. The van der Waals surface area contributed by atoms with Gasteiger partial charge in [0.05, 0.1) is 4.21 Å². The molecule has 0 aliphatic carbocycles. The van der Waals surface area contributed by atoms with Crippen molar-refractivity contribution in [1.29, 1.82) is 0 Å². The van der Waals surface area contributed by atoms with Gasteiger partial charge in [-0.15, -0.1) is 11.3 Å². The van der Waals surface area contributed by atoms with Crippen molar-refractivity contribution in [2.45, 2.75) is 10.8 Å². The standard InChI is InChI=1S/C12H11N3S2/c1-2-11(16-7-1)17-15-8-9-3-5-13-12-10(9)4-6-14-12/h1-7,15H,8H2,(H,13,14). The van der Waals surface area contributed by atoms with E-state index in [1.165, 1.54) is 15.2 Å². The molecule has 0 atom stereocenters. The first-order chi connectivity index (χ1) is 8.43. The van der Waals surface area contributed by atoms with Gasteiger partial charge in [-0.25, -0.2) is 4.98 Å². The second-order valence-corrected chi connectivity index (χ2v) is 5.70. The number of fused-ring (bicyclic) bond motifs is 1. The smallest absolute Gasteiger partial charge is 0.137 e. The molecule has 0 aliphatic rings. The van der Waals surface area contributed by atoms with Gasteiger partial charge < -0.3 is 4.98 Å². The number of hydrogen-bond acceptors (Lipinski definition) is 4. The Hall–Kier alpha value is -1.30. The van der Waals surface area contributed by atoms with Crippen LogP contribution in [0.5, 0.6) is 0 Å². The lowest BCUT2D eigenvalue weighted by Gasteiger charge is -2.03. The van der Waals surface area contributed by atoms with Crippen LogP contribution in [0.25, 0.3) is 11.0 Å². The van der Waals surface area contributed by atoms with Crippen molar-refractivity contribution in [3.05, 3.63) is 47.6 Å². The molecular weight excluding hydrogens is 250 g/mol. The van der Waals surface area contributed by atoms with Gasteiger partial charge in [-0.2, -0.15) is 0 Å². The van der Waals surface area contributed by atoms with Gasteiger partial charge >= 0.3 is 0 Å². The minimum absolute atomic E-state index is 0.833. The number of pyridine rings is 1. The Morgan fingerprint density at radius 2 is 2.35 bits per heavy atom. The van der Waals surface area contributed by atoms with Crippen LogP contribution in [-0.4, -0.2) is 9.97 Å². The molecule has 0 fully saturated rings. The van der Waals surface area contributed by atoms with Crippen LogP contribution in [0, 0.1) is 0 Å². The van der Waals surface area contributed by atoms with Crippen LogP contribution in [0.15, 0.2) is 46.2 Å². The summed E-state index contributed by atoms with van der Waals surface area (Å²) in [6.45, 7) is 0.833. The summed E-state index contributed by atoms with van der Waals surface area (Å²) >= 11 is 3.42. The minimum atomic E-state index is 0.833. The highest BCUT2D eigenvalue weighted by molar-refractivity contribution is 7.99. The van der Waals surface area contributed by atoms with Crippen LogP contribution in [0.4, 0.5) is 0 Å². The Morgan fingerprint density at radius 3 is 3.24 bits per heavy atom. The Bertz CT molecular complexity index is 601. The molecule has 5 heteroatoms. The van der Waals surface area contributed by atoms with Gasteiger partial charge in [0.1, 0.15) is 5.65 Å². The van der Waals surface area contributed by atoms with Crippen molar-refractivity contribution in [3.63, 3.8) is 0 Å². The topological polar surface area (TPSA) is 40.7 Å². The fourth-order valence-corrected chi connectivity index (χ4v) is 3.18. The zero-order chi connectivity index (χ0) is 11.5. The highest BCUT2D eigenvalue weighted by Gasteiger charge is 2.02. The van der Waals surface area contributed by atoms with Gasteiger partial charge in [0.15, 0.2) is 0 Å². The number of H-pyrrole nitrogens is 1. The Morgan fingerprint density at radius 1 is 1.35 bits per heavy atom. The maximum atomic E-state index is 4.27. The molecule has 0 spiro atoms. The number of hydrogen-bond donors (Lipinski definition) is 2. The lowest BCUT2D eigenvalue weighted by molar-refractivity contribution is 0.985. The normalized spacial score (nSPS) is 11.1. The molecular formula is C12H11N3S2. The molecule has 3 aromatic rings. The van der Waals surface area contributed by atoms with Crippen molar-refractivity contribution in [2.75, 3.05) is 0 Å². The first-order valence-corrected chi connectivity index (χ1v) is 6.97. The highest BCUT2D eigenvalue weighted by atomic mass is 32.2. The van der Waals surface area contributed by atoms with Crippen LogP contribution in [0.1, 0.15) is 5.56 Å². The average Bonchev–Trinajstić information content (AvgIpc) is 2.99. The molecule has 0 aliphatic heterocycles. The summed E-state index contributed by atoms with van der Waals surface area (Å²) in [6, 6.07) is 8.29. The molecule has 0 bridgehead atoms. The van der Waals surface area contributed by atoms with Crippen molar-refractivity contribution in [2.24, 2.45) is 0 Å². The summed E-state index contributed by atoms with van der Waals surface area (Å²) in [7, 11) is 0. The van der Waals surface area contributed by atoms with Crippen LogP contribution < -0.4 is 4.72 Å². The molecule has 86 valence electrons. The lowest BCUT2D eigenvalue weighted by atomic mass is 10.2. The monoisotopic (exact) mass is 261 g/mol. The van der Waals surface area contributed by atoms with E-state index < -0.39 is 0 Å². The number of thiophene rings is 1. The zero-order valence-corrected chi connectivity index (χ0v) is 10.6. The second kappa shape index (κ2) is 4.91. The maximum absolute atomic E-state index is 4.27. The first-order valence-electron chi connectivity index (χ1n) is 5.28. The van der Waals surface area contributed by atoms with Crippen molar-refractivity contribution in [3.8, 4) is 0 Å². The van der Waals surface area contributed by atoms with E-state index in [1.807, 2.05) is 12.4 Å². The number of rotatable bonds is 4. The van der Waals surface area contributed by atoms with Gasteiger partial charge in [0.25, 0.3) is 0 Å². The molecule has 0 radical (unpaired) electrons. The summed E-state index contributed by atoms with van der Waals surface area (Å²) in [5, 5.41) is 3.27. The van der Waals surface area contributed by atoms with Crippen molar-refractivity contribution >= 4 is 34.3 Å². The van der Waals surface area contributed by atoms with Crippen LogP contribution in [0.2, 0.25) is 0 Å². The van der Waals surface area contributed by atoms with Gasteiger partial charge in [0.2, 0.25) is 0 Å². The maximum Gasteiger partial charge on any atom is 0.137 e. The molecule has 3 nitrogen and oxygen atoms in total. The first kappa shape index (κ1) is 10.8. The molecule has 0 amide bonds. The average molecular weight is 261 g/mol. The third kappa shape index (κ3) is 2.36.